The van der Waals surface area contributed by atoms with Crippen molar-refractivity contribution >= 4 is 0 Å². The summed E-state index contributed by atoms with van der Waals surface area (Å²) in [5, 5.41) is 0. The zero-order valence-electron chi connectivity index (χ0n) is 33.5. The second-order valence-corrected chi connectivity index (χ2v) is 14.8. The Morgan fingerprint density at radius 1 is 0.380 bits per heavy atom. The van der Waals surface area contributed by atoms with Crippen LogP contribution in [0.1, 0.15) is 167 Å². The molecule has 0 bridgehead atoms. The van der Waals surface area contributed by atoms with Gasteiger partial charge in [-0.05, 0) is 125 Å². The molecule has 0 aliphatic carbocycles. The number of rotatable bonds is 35. The van der Waals surface area contributed by atoms with Crippen molar-refractivity contribution in [3.05, 3.63) is 59.7 Å². The minimum absolute atomic E-state index is 0.684. The summed E-state index contributed by atoms with van der Waals surface area (Å²) in [6.07, 6.45) is 26.4. The summed E-state index contributed by atoms with van der Waals surface area (Å²) in [7, 11) is 0. The van der Waals surface area contributed by atoms with Crippen molar-refractivity contribution in [3.63, 3.8) is 0 Å². The molecule has 0 amide bonds. The monoisotopic (exact) mass is 693 g/mol. The van der Waals surface area contributed by atoms with E-state index in [1.807, 2.05) is 0 Å². The first kappa shape index (κ1) is 44.4. The molecule has 0 aromatic heterocycles. The van der Waals surface area contributed by atoms with Gasteiger partial charge in [-0.1, -0.05) is 141 Å². The molecule has 50 heavy (non-hydrogen) atoms. The van der Waals surface area contributed by atoms with Gasteiger partial charge in [0.15, 0.2) is 0 Å². The average molecular weight is 693 g/mol. The van der Waals surface area contributed by atoms with Gasteiger partial charge < -0.3 is 19.3 Å². The van der Waals surface area contributed by atoms with E-state index in [9.17, 15) is 0 Å². The lowest BCUT2D eigenvalue weighted by atomic mass is 10.0. The van der Waals surface area contributed by atoms with E-state index < -0.39 is 0 Å². The molecule has 2 rings (SSSR count). The van der Waals surface area contributed by atoms with Crippen LogP contribution in [0.2, 0.25) is 0 Å². The lowest BCUT2D eigenvalue weighted by Gasteiger charge is -2.22. The maximum absolute atomic E-state index is 6.16. The van der Waals surface area contributed by atoms with Gasteiger partial charge in [-0.15, -0.1) is 0 Å². The molecule has 0 unspecified atom stereocenters. The summed E-state index contributed by atoms with van der Waals surface area (Å²) in [6.45, 7) is 19.7. The Morgan fingerprint density at radius 3 is 1.08 bits per heavy atom. The SMILES string of the molecule is CCCCCCCN(CCCCC)CCCCOCc1cccc(-c2cccc(COCCCCN(CCCCC)CCCCCCC)c2)c1. The lowest BCUT2D eigenvalue weighted by Crippen LogP contribution is -2.27. The molecule has 286 valence electrons. The minimum atomic E-state index is 0.684. The van der Waals surface area contributed by atoms with Crippen LogP contribution in [0, 0.1) is 0 Å². The molecule has 0 radical (unpaired) electrons. The predicted octanol–water partition coefficient (Wildman–Crippen LogP) is 12.9. The van der Waals surface area contributed by atoms with E-state index in [-0.39, 0.29) is 0 Å². The van der Waals surface area contributed by atoms with Crippen molar-refractivity contribution < 1.29 is 9.47 Å². The van der Waals surface area contributed by atoms with Crippen molar-refractivity contribution in [3.8, 4) is 11.1 Å². The highest BCUT2D eigenvalue weighted by Gasteiger charge is 2.07. The van der Waals surface area contributed by atoms with Gasteiger partial charge >= 0.3 is 0 Å². The fourth-order valence-corrected chi connectivity index (χ4v) is 6.86. The standard InChI is InChI=1S/C46H80N2O2/c1-5-9-13-15-19-33-47(31-17-11-7-3)35-21-23-37-49-41-43-27-25-29-45(39-43)46-30-26-28-44(40-46)42-50-38-24-22-36-48(32-18-12-8-4)34-20-16-14-10-6-2/h25-30,39-40H,5-24,31-38,41-42H2,1-4H3. The molecule has 0 heterocycles. The number of hydrogen-bond acceptors (Lipinski definition) is 4. The highest BCUT2D eigenvalue weighted by Crippen LogP contribution is 2.23. The molecule has 0 aliphatic rings. The van der Waals surface area contributed by atoms with Crippen LogP contribution in [-0.2, 0) is 22.7 Å². The normalized spacial score (nSPS) is 11.7. The molecule has 2 aromatic carbocycles. The minimum Gasteiger partial charge on any atom is -0.377 e. The third-order valence-corrected chi connectivity index (χ3v) is 10.1. The maximum Gasteiger partial charge on any atom is 0.0717 e. The van der Waals surface area contributed by atoms with Gasteiger partial charge in [0.05, 0.1) is 13.2 Å². The van der Waals surface area contributed by atoms with Crippen LogP contribution in [0.15, 0.2) is 48.5 Å². The first-order valence-corrected chi connectivity index (χ1v) is 21.5. The molecule has 0 N–H and O–H groups in total. The van der Waals surface area contributed by atoms with E-state index in [1.165, 1.54) is 177 Å². The zero-order valence-corrected chi connectivity index (χ0v) is 33.5. The van der Waals surface area contributed by atoms with Crippen LogP contribution in [0.5, 0.6) is 0 Å². The third kappa shape index (κ3) is 23.0. The smallest absolute Gasteiger partial charge is 0.0717 e. The lowest BCUT2D eigenvalue weighted by molar-refractivity contribution is 0.113. The van der Waals surface area contributed by atoms with Gasteiger partial charge in [-0.25, -0.2) is 0 Å². The fourth-order valence-electron chi connectivity index (χ4n) is 6.86. The molecule has 4 nitrogen and oxygen atoms in total. The van der Waals surface area contributed by atoms with Crippen LogP contribution in [0.25, 0.3) is 11.1 Å². The largest absolute Gasteiger partial charge is 0.377 e. The highest BCUT2D eigenvalue weighted by molar-refractivity contribution is 5.64. The Balaban J connectivity index is 1.68. The van der Waals surface area contributed by atoms with Crippen molar-refractivity contribution in [2.24, 2.45) is 0 Å². The Labute approximate surface area is 311 Å². The molecular formula is C46H80N2O2. The molecule has 0 fully saturated rings. The second-order valence-electron chi connectivity index (χ2n) is 14.8. The van der Waals surface area contributed by atoms with Crippen molar-refractivity contribution in [2.45, 2.75) is 169 Å². The van der Waals surface area contributed by atoms with Crippen molar-refractivity contribution in [2.75, 3.05) is 52.5 Å². The maximum atomic E-state index is 6.16. The van der Waals surface area contributed by atoms with E-state index in [2.05, 4.69) is 86.0 Å². The topological polar surface area (TPSA) is 24.9 Å². The number of nitrogens with zero attached hydrogens (tertiary/aromatic N) is 2. The van der Waals surface area contributed by atoms with Gasteiger partial charge in [0.1, 0.15) is 0 Å². The first-order valence-electron chi connectivity index (χ1n) is 21.5. The molecular weight excluding hydrogens is 613 g/mol. The Morgan fingerprint density at radius 2 is 0.700 bits per heavy atom. The summed E-state index contributed by atoms with van der Waals surface area (Å²) < 4.78 is 12.3. The van der Waals surface area contributed by atoms with E-state index in [0.29, 0.717) is 13.2 Å². The zero-order chi connectivity index (χ0) is 35.7. The summed E-state index contributed by atoms with van der Waals surface area (Å²) in [5.74, 6) is 0. The van der Waals surface area contributed by atoms with Crippen LogP contribution in [0.3, 0.4) is 0 Å². The summed E-state index contributed by atoms with van der Waals surface area (Å²) in [6, 6.07) is 17.8. The van der Waals surface area contributed by atoms with Crippen LogP contribution in [-0.4, -0.2) is 62.3 Å². The molecule has 0 spiro atoms. The van der Waals surface area contributed by atoms with E-state index in [0.717, 1.165) is 26.1 Å². The second kappa shape index (κ2) is 32.0. The molecule has 0 aliphatic heterocycles. The quantitative estimate of drug-likeness (QED) is 0.0671. The number of unbranched alkanes of at least 4 members (excludes halogenated alkanes) is 14. The van der Waals surface area contributed by atoms with Gasteiger partial charge in [-0.3, -0.25) is 0 Å². The van der Waals surface area contributed by atoms with Crippen molar-refractivity contribution in [1.29, 1.82) is 0 Å². The Hall–Kier alpha value is -1.72. The number of benzene rings is 2. The highest BCUT2D eigenvalue weighted by atomic mass is 16.5. The predicted molar refractivity (Wildman–Crippen MR) is 219 cm³/mol. The van der Waals surface area contributed by atoms with Crippen LogP contribution in [0.4, 0.5) is 0 Å². The molecule has 2 aromatic rings. The fraction of sp³-hybridized carbons (Fsp3) is 0.739. The van der Waals surface area contributed by atoms with E-state index >= 15 is 0 Å². The summed E-state index contributed by atoms with van der Waals surface area (Å²) >= 11 is 0. The Kier molecular flexibility index (Phi) is 28.4. The number of hydrogen-bond donors (Lipinski definition) is 0. The van der Waals surface area contributed by atoms with E-state index in [4.69, 9.17) is 9.47 Å². The summed E-state index contributed by atoms with van der Waals surface area (Å²) in [4.78, 5) is 5.43. The molecule has 0 saturated heterocycles. The number of ether oxygens (including phenoxy) is 2. The van der Waals surface area contributed by atoms with Crippen LogP contribution >= 0.6 is 0 Å². The van der Waals surface area contributed by atoms with Gasteiger partial charge in [-0.2, -0.15) is 0 Å². The Bertz CT molecular complexity index is 945. The van der Waals surface area contributed by atoms with Gasteiger partial charge in [0.25, 0.3) is 0 Å². The summed E-state index contributed by atoms with van der Waals surface area (Å²) in [5.41, 5.74) is 5.02. The third-order valence-electron chi connectivity index (χ3n) is 10.1. The van der Waals surface area contributed by atoms with Crippen LogP contribution < -0.4 is 0 Å². The van der Waals surface area contributed by atoms with E-state index in [1.54, 1.807) is 0 Å². The average Bonchev–Trinajstić information content (AvgIpc) is 3.14. The molecule has 4 heteroatoms. The van der Waals surface area contributed by atoms with Gasteiger partial charge in [0.2, 0.25) is 0 Å². The first-order chi connectivity index (χ1) is 24.7. The van der Waals surface area contributed by atoms with Gasteiger partial charge in [0, 0.05) is 13.2 Å². The molecule has 0 atom stereocenters. The molecule has 0 saturated carbocycles. The van der Waals surface area contributed by atoms with Crippen molar-refractivity contribution in [1.82, 2.24) is 9.80 Å².